The van der Waals surface area contributed by atoms with E-state index < -0.39 is 0 Å². The van der Waals surface area contributed by atoms with Crippen LogP contribution in [0.15, 0.2) is 53.1 Å². The fourth-order valence-electron chi connectivity index (χ4n) is 4.06. The number of rotatable bonds is 6. The smallest absolute Gasteiger partial charge is 0.241 e. The van der Waals surface area contributed by atoms with Gasteiger partial charge in [-0.25, -0.2) is 4.39 Å². The van der Waals surface area contributed by atoms with Gasteiger partial charge in [0.15, 0.2) is 0 Å². The Hall–Kier alpha value is -3.06. The first-order valence-corrected chi connectivity index (χ1v) is 10.7. The van der Waals surface area contributed by atoms with E-state index >= 15 is 0 Å². The zero-order valence-corrected chi connectivity index (χ0v) is 17.8. The maximum absolute atomic E-state index is 13.1. The number of aromatic nitrogens is 2. The Morgan fingerprint density at radius 2 is 1.90 bits per heavy atom. The van der Waals surface area contributed by atoms with Gasteiger partial charge in [0.1, 0.15) is 5.82 Å². The van der Waals surface area contributed by atoms with Crippen LogP contribution in [0, 0.1) is 18.7 Å². The second-order valence-corrected chi connectivity index (χ2v) is 8.16. The zero-order chi connectivity index (χ0) is 21.8. The molecule has 0 saturated carbocycles. The fourth-order valence-corrected chi connectivity index (χ4v) is 4.06. The van der Waals surface area contributed by atoms with Gasteiger partial charge < -0.3 is 9.84 Å². The SMILES string of the molecule is Cc1ccccc1C(C)NC(=O)C1CCN(Cc2nc(-c3ccc(F)cc3)no2)CC1. The van der Waals surface area contributed by atoms with Crippen LogP contribution in [0.4, 0.5) is 4.39 Å². The lowest BCUT2D eigenvalue weighted by molar-refractivity contribution is -0.127. The molecule has 4 rings (SSSR count). The monoisotopic (exact) mass is 422 g/mol. The number of nitrogens with zero attached hydrogens (tertiary/aromatic N) is 3. The van der Waals surface area contributed by atoms with Crippen LogP contribution in [-0.2, 0) is 11.3 Å². The molecule has 1 N–H and O–H groups in total. The van der Waals surface area contributed by atoms with Gasteiger partial charge in [-0.1, -0.05) is 29.4 Å². The number of likely N-dealkylation sites (tertiary alicyclic amines) is 1. The normalized spacial score (nSPS) is 16.2. The van der Waals surface area contributed by atoms with E-state index in [0.717, 1.165) is 37.1 Å². The molecule has 0 aliphatic carbocycles. The van der Waals surface area contributed by atoms with E-state index in [-0.39, 0.29) is 23.7 Å². The van der Waals surface area contributed by atoms with Crippen molar-refractivity contribution >= 4 is 5.91 Å². The lowest BCUT2D eigenvalue weighted by Gasteiger charge is -2.31. The topological polar surface area (TPSA) is 71.3 Å². The number of hydrogen-bond acceptors (Lipinski definition) is 5. The summed E-state index contributed by atoms with van der Waals surface area (Å²) in [7, 11) is 0. The summed E-state index contributed by atoms with van der Waals surface area (Å²) in [6.07, 6.45) is 1.59. The molecule has 7 heteroatoms. The molecule has 0 spiro atoms. The van der Waals surface area contributed by atoms with Crippen molar-refractivity contribution in [3.8, 4) is 11.4 Å². The van der Waals surface area contributed by atoms with Crippen LogP contribution in [0.2, 0.25) is 0 Å². The van der Waals surface area contributed by atoms with Crippen LogP contribution < -0.4 is 5.32 Å². The number of piperidine rings is 1. The highest BCUT2D eigenvalue weighted by molar-refractivity contribution is 5.79. The van der Waals surface area contributed by atoms with E-state index in [0.29, 0.717) is 18.3 Å². The summed E-state index contributed by atoms with van der Waals surface area (Å²) in [5, 5.41) is 7.17. The maximum Gasteiger partial charge on any atom is 0.241 e. The summed E-state index contributed by atoms with van der Waals surface area (Å²) in [5.41, 5.74) is 3.06. The van der Waals surface area contributed by atoms with Gasteiger partial charge in [-0.15, -0.1) is 0 Å². The molecule has 31 heavy (non-hydrogen) atoms. The standard InChI is InChI=1S/C24H27FN4O2/c1-16-5-3-4-6-21(16)17(2)26-24(30)19-11-13-29(14-12-19)15-22-27-23(28-31-22)18-7-9-20(25)10-8-18/h3-10,17,19H,11-15H2,1-2H3,(H,26,30). The van der Waals surface area contributed by atoms with Crippen molar-refractivity contribution in [1.29, 1.82) is 0 Å². The second kappa shape index (κ2) is 9.39. The number of nitrogens with one attached hydrogen (secondary N) is 1. The number of halogens is 1. The lowest BCUT2D eigenvalue weighted by Crippen LogP contribution is -2.41. The fraction of sp³-hybridized carbons (Fsp3) is 0.375. The molecule has 0 bridgehead atoms. The minimum Gasteiger partial charge on any atom is -0.349 e. The molecule has 1 amide bonds. The average Bonchev–Trinajstić information content (AvgIpc) is 3.23. The average molecular weight is 423 g/mol. The first-order valence-electron chi connectivity index (χ1n) is 10.7. The quantitative estimate of drug-likeness (QED) is 0.642. The van der Waals surface area contributed by atoms with Crippen molar-refractivity contribution in [2.24, 2.45) is 5.92 Å². The van der Waals surface area contributed by atoms with Crippen molar-refractivity contribution in [2.75, 3.05) is 13.1 Å². The van der Waals surface area contributed by atoms with E-state index in [1.807, 2.05) is 19.1 Å². The van der Waals surface area contributed by atoms with Gasteiger partial charge in [-0.2, -0.15) is 4.98 Å². The molecule has 1 fully saturated rings. The van der Waals surface area contributed by atoms with Crippen LogP contribution >= 0.6 is 0 Å². The minimum atomic E-state index is -0.298. The first-order chi connectivity index (χ1) is 15.0. The molecular formula is C24H27FN4O2. The molecule has 1 aliphatic rings. The summed E-state index contributed by atoms with van der Waals surface area (Å²) in [4.78, 5) is 19.4. The molecule has 6 nitrogen and oxygen atoms in total. The van der Waals surface area contributed by atoms with E-state index in [1.54, 1.807) is 12.1 Å². The Kier molecular flexibility index (Phi) is 6.42. The molecular weight excluding hydrogens is 395 g/mol. The van der Waals surface area contributed by atoms with Gasteiger partial charge in [0.05, 0.1) is 12.6 Å². The third-order valence-electron chi connectivity index (χ3n) is 5.90. The van der Waals surface area contributed by atoms with Gasteiger partial charge >= 0.3 is 0 Å². The molecule has 1 aromatic heterocycles. The molecule has 2 heterocycles. The zero-order valence-electron chi connectivity index (χ0n) is 17.8. The summed E-state index contributed by atoms with van der Waals surface area (Å²) < 4.78 is 18.4. The number of benzene rings is 2. The summed E-state index contributed by atoms with van der Waals surface area (Å²) in [5.74, 6) is 0.810. The van der Waals surface area contributed by atoms with Gasteiger partial charge in [0, 0.05) is 11.5 Å². The van der Waals surface area contributed by atoms with Crippen molar-refractivity contribution in [1.82, 2.24) is 20.4 Å². The molecule has 0 radical (unpaired) electrons. The predicted molar refractivity (Wildman–Crippen MR) is 115 cm³/mol. The van der Waals surface area contributed by atoms with Crippen LogP contribution in [0.1, 0.15) is 42.8 Å². The Labute approximate surface area is 181 Å². The highest BCUT2D eigenvalue weighted by atomic mass is 19.1. The van der Waals surface area contributed by atoms with Crippen molar-refractivity contribution in [3.63, 3.8) is 0 Å². The van der Waals surface area contributed by atoms with Gasteiger partial charge in [-0.3, -0.25) is 9.69 Å². The van der Waals surface area contributed by atoms with Gasteiger partial charge in [0.25, 0.3) is 0 Å². The Morgan fingerprint density at radius 3 is 2.61 bits per heavy atom. The predicted octanol–water partition coefficient (Wildman–Crippen LogP) is 4.27. The van der Waals surface area contributed by atoms with Gasteiger partial charge in [0.2, 0.25) is 17.6 Å². The molecule has 1 atom stereocenters. The molecule has 3 aromatic rings. The third-order valence-corrected chi connectivity index (χ3v) is 5.90. The van der Waals surface area contributed by atoms with E-state index in [2.05, 4.69) is 39.4 Å². The molecule has 1 saturated heterocycles. The third kappa shape index (κ3) is 5.17. The minimum absolute atomic E-state index is 0.00462. The van der Waals surface area contributed by atoms with E-state index in [9.17, 15) is 9.18 Å². The van der Waals surface area contributed by atoms with Crippen LogP contribution in [0.5, 0.6) is 0 Å². The van der Waals surface area contributed by atoms with Crippen molar-refractivity contribution in [3.05, 3.63) is 71.4 Å². The Morgan fingerprint density at radius 1 is 1.19 bits per heavy atom. The highest BCUT2D eigenvalue weighted by Gasteiger charge is 2.27. The van der Waals surface area contributed by atoms with E-state index in [1.165, 1.54) is 17.7 Å². The molecule has 1 unspecified atom stereocenters. The van der Waals surface area contributed by atoms with Crippen LogP contribution in [0.25, 0.3) is 11.4 Å². The molecule has 2 aromatic carbocycles. The summed E-state index contributed by atoms with van der Waals surface area (Å²) in [6.45, 7) is 6.23. The maximum atomic E-state index is 13.1. The number of hydrogen-bond donors (Lipinski definition) is 1. The van der Waals surface area contributed by atoms with Crippen LogP contribution in [0.3, 0.4) is 0 Å². The number of amides is 1. The van der Waals surface area contributed by atoms with Crippen molar-refractivity contribution in [2.45, 2.75) is 39.3 Å². The highest BCUT2D eigenvalue weighted by Crippen LogP contribution is 2.23. The molecule has 162 valence electrons. The van der Waals surface area contributed by atoms with E-state index in [4.69, 9.17) is 4.52 Å². The van der Waals surface area contributed by atoms with Gasteiger partial charge in [-0.05, 0) is 75.2 Å². The Bertz CT molecular complexity index is 1030. The first kappa shape index (κ1) is 21.2. The second-order valence-electron chi connectivity index (χ2n) is 8.16. The van der Waals surface area contributed by atoms with Crippen LogP contribution in [-0.4, -0.2) is 34.0 Å². The largest absolute Gasteiger partial charge is 0.349 e. The number of carbonyl (C=O) groups is 1. The molecule has 1 aliphatic heterocycles. The lowest BCUT2D eigenvalue weighted by atomic mass is 9.94. The van der Waals surface area contributed by atoms with Crippen molar-refractivity contribution < 1.29 is 13.7 Å². The summed E-state index contributed by atoms with van der Waals surface area (Å²) >= 11 is 0. The Balaban J connectivity index is 1.27. The number of carbonyl (C=O) groups excluding carboxylic acids is 1. The number of aryl methyl sites for hydroxylation is 1. The summed E-state index contributed by atoms with van der Waals surface area (Å²) in [6, 6.07) is 14.1.